The first-order valence-electron chi connectivity index (χ1n) is 14.8. The molecule has 0 radical (unpaired) electrons. The maximum absolute atomic E-state index is 10.1. The van der Waals surface area contributed by atoms with Crippen LogP contribution in [0.3, 0.4) is 0 Å². The number of imidazole rings is 1. The Kier molecular flexibility index (Phi) is 8.17. The highest BCUT2D eigenvalue weighted by atomic mass is 16.3. The van der Waals surface area contributed by atoms with E-state index in [0.29, 0.717) is 29.9 Å². The quantitative estimate of drug-likeness (QED) is 0.376. The summed E-state index contributed by atoms with van der Waals surface area (Å²) in [7, 11) is 6.43. The standard InChI is InChI=1S/C31H47N7O/c1-7-9-28(38-19-21(2)33-22(3)20-38)30-35-27-17-25(18-32-29(27)37(30)6)34-24-12-14-31(15-13-24,36(4)5)23-10-8-11-26(39)16-23/h8,10-11,16-18,21-22,24,28,33-34,39H,7,9,12-15,19-20H2,1-6H3/t21-,22+,24-,28-,31-/m0/s1. The fourth-order valence-electron chi connectivity index (χ4n) is 7.11. The fourth-order valence-corrected chi connectivity index (χ4v) is 7.11. The number of aryl methyl sites for hydroxylation is 1. The highest BCUT2D eigenvalue weighted by Crippen LogP contribution is 2.42. The minimum Gasteiger partial charge on any atom is -0.508 e. The van der Waals surface area contributed by atoms with Gasteiger partial charge in [0.1, 0.15) is 17.1 Å². The molecular formula is C31H47N7O. The zero-order chi connectivity index (χ0) is 27.7. The zero-order valence-electron chi connectivity index (χ0n) is 24.6. The lowest BCUT2D eigenvalue weighted by molar-refractivity contribution is 0.0942. The van der Waals surface area contributed by atoms with Crippen LogP contribution in [-0.4, -0.2) is 74.8 Å². The van der Waals surface area contributed by atoms with E-state index in [0.717, 1.165) is 74.3 Å². The van der Waals surface area contributed by atoms with E-state index in [-0.39, 0.29) is 5.54 Å². The van der Waals surface area contributed by atoms with Crippen LogP contribution in [-0.2, 0) is 12.6 Å². The minimum absolute atomic E-state index is 0.0533. The third kappa shape index (κ3) is 5.65. The number of pyridine rings is 1. The molecule has 0 unspecified atom stereocenters. The summed E-state index contributed by atoms with van der Waals surface area (Å²) in [4.78, 5) is 15.0. The summed E-state index contributed by atoms with van der Waals surface area (Å²) in [6.45, 7) is 8.89. The number of nitrogens with zero attached hydrogens (tertiary/aromatic N) is 5. The number of anilines is 1. The van der Waals surface area contributed by atoms with Gasteiger partial charge >= 0.3 is 0 Å². The Labute approximate surface area is 233 Å². The summed E-state index contributed by atoms with van der Waals surface area (Å²) in [6, 6.07) is 11.6. The molecule has 1 saturated carbocycles. The molecule has 1 aliphatic heterocycles. The number of piperazine rings is 1. The summed E-state index contributed by atoms with van der Waals surface area (Å²) in [5.74, 6) is 1.46. The average molecular weight is 534 g/mol. The van der Waals surface area contributed by atoms with Gasteiger partial charge in [-0.25, -0.2) is 9.97 Å². The molecule has 3 atom stereocenters. The van der Waals surface area contributed by atoms with Gasteiger partial charge in [-0.05, 0) is 83.8 Å². The lowest BCUT2D eigenvalue weighted by Gasteiger charge is -2.46. The predicted molar refractivity (Wildman–Crippen MR) is 159 cm³/mol. The van der Waals surface area contributed by atoms with Crippen molar-refractivity contribution in [2.75, 3.05) is 32.5 Å². The lowest BCUT2D eigenvalue weighted by atomic mass is 9.74. The monoisotopic (exact) mass is 533 g/mol. The summed E-state index contributed by atoms with van der Waals surface area (Å²) >= 11 is 0. The Morgan fingerprint density at radius 1 is 1.15 bits per heavy atom. The van der Waals surface area contributed by atoms with Crippen LogP contribution in [0.2, 0.25) is 0 Å². The van der Waals surface area contributed by atoms with Crippen molar-refractivity contribution in [3.05, 3.63) is 47.9 Å². The number of phenolic OH excluding ortho intramolecular Hbond substituents is 1. The molecule has 0 bridgehead atoms. The molecule has 39 heavy (non-hydrogen) atoms. The Balaban J connectivity index is 1.32. The van der Waals surface area contributed by atoms with Gasteiger partial charge in [-0.1, -0.05) is 25.5 Å². The number of phenols is 1. The lowest BCUT2D eigenvalue weighted by Crippen LogP contribution is -2.55. The van der Waals surface area contributed by atoms with Gasteiger partial charge in [-0.15, -0.1) is 0 Å². The molecule has 1 saturated heterocycles. The molecule has 3 N–H and O–H groups in total. The Hall–Kier alpha value is -2.68. The first-order chi connectivity index (χ1) is 18.7. The van der Waals surface area contributed by atoms with Gasteiger partial charge in [-0.2, -0.15) is 0 Å². The van der Waals surface area contributed by atoms with Gasteiger partial charge < -0.3 is 20.3 Å². The molecule has 1 aliphatic carbocycles. The SMILES string of the molecule is CCC[C@@H](c1nc2cc(N[C@H]3CC[C@](c4cccc(O)c4)(N(C)C)CC3)cnc2n1C)N1C[C@@H](C)N[C@@H](C)C1. The third-order valence-corrected chi connectivity index (χ3v) is 9.05. The minimum atomic E-state index is -0.0533. The number of aromatic hydroxyl groups is 1. The summed E-state index contributed by atoms with van der Waals surface area (Å²) in [5.41, 5.74) is 4.11. The molecule has 3 aromatic rings. The van der Waals surface area contributed by atoms with Crippen LogP contribution in [0.15, 0.2) is 36.5 Å². The Morgan fingerprint density at radius 3 is 2.51 bits per heavy atom. The van der Waals surface area contributed by atoms with Crippen LogP contribution in [0.1, 0.15) is 76.7 Å². The van der Waals surface area contributed by atoms with E-state index in [9.17, 15) is 5.11 Å². The molecule has 2 fully saturated rings. The first-order valence-corrected chi connectivity index (χ1v) is 14.8. The van der Waals surface area contributed by atoms with Crippen LogP contribution < -0.4 is 10.6 Å². The van der Waals surface area contributed by atoms with Gasteiger partial charge in [0.05, 0.1) is 17.9 Å². The van der Waals surface area contributed by atoms with E-state index in [2.05, 4.69) is 79.0 Å². The molecule has 1 aromatic carbocycles. The van der Waals surface area contributed by atoms with Gasteiger partial charge in [0.25, 0.3) is 0 Å². The van der Waals surface area contributed by atoms with Crippen molar-refractivity contribution in [1.82, 2.24) is 29.7 Å². The van der Waals surface area contributed by atoms with Crippen molar-refractivity contribution >= 4 is 16.9 Å². The van der Waals surface area contributed by atoms with E-state index in [1.54, 1.807) is 6.07 Å². The fraction of sp³-hybridized carbons (Fsp3) is 0.613. The molecular weight excluding hydrogens is 486 g/mol. The van der Waals surface area contributed by atoms with Crippen molar-refractivity contribution in [2.45, 2.75) is 89.0 Å². The number of benzene rings is 1. The average Bonchev–Trinajstić information content (AvgIpc) is 3.22. The highest BCUT2D eigenvalue weighted by Gasteiger charge is 2.39. The van der Waals surface area contributed by atoms with Crippen LogP contribution in [0.25, 0.3) is 11.2 Å². The number of nitrogens with one attached hydrogen (secondary N) is 2. The van der Waals surface area contributed by atoms with Crippen molar-refractivity contribution < 1.29 is 5.11 Å². The van der Waals surface area contributed by atoms with Crippen LogP contribution in [0.4, 0.5) is 5.69 Å². The van der Waals surface area contributed by atoms with Gasteiger partial charge in [0.15, 0.2) is 5.65 Å². The zero-order valence-corrected chi connectivity index (χ0v) is 24.6. The molecule has 8 heteroatoms. The molecule has 212 valence electrons. The Bertz CT molecular complexity index is 1250. The van der Waals surface area contributed by atoms with Gasteiger partial charge in [0.2, 0.25) is 0 Å². The molecule has 3 heterocycles. The largest absolute Gasteiger partial charge is 0.508 e. The summed E-state index contributed by atoms with van der Waals surface area (Å²) in [5, 5.41) is 17.5. The molecule has 0 amide bonds. The van der Waals surface area contributed by atoms with E-state index in [1.165, 1.54) is 5.56 Å². The maximum Gasteiger partial charge on any atom is 0.159 e. The second kappa shape index (κ2) is 11.4. The number of fused-ring (bicyclic) bond motifs is 1. The van der Waals surface area contributed by atoms with Gasteiger partial charge in [0, 0.05) is 43.8 Å². The van der Waals surface area contributed by atoms with Crippen molar-refractivity contribution in [3.63, 3.8) is 0 Å². The van der Waals surface area contributed by atoms with Crippen molar-refractivity contribution in [1.29, 1.82) is 0 Å². The van der Waals surface area contributed by atoms with Crippen LogP contribution in [0.5, 0.6) is 5.75 Å². The van der Waals surface area contributed by atoms with Crippen molar-refractivity contribution in [3.8, 4) is 5.75 Å². The second-order valence-corrected chi connectivity index (χ2v) is 12.2. The number of hydrogen-bond acceptors (Lipinski definition) is 7. The topological polar surface area (TPSA) is 81.5 Å². The van der Waals surface area contributed by atoms with Crippen molar-refractivity contribution in [2.24, 2.45) is 7.05 Å². The molecule has 2 aliphatic rings. The predicted octanol–water partition coefficient (Wildman–Crippen LogP) is 5.01. The summed E-state index contributed by atoms with van der Waals surface area (Å²) in [6.07, 6.45) is 8.36. The molecule has 8 nitrogen and oxygen atoms in total. The number of rotatable bonds is 8. The number of aromatic nitrogens is 3. The third-order valence-electron chi connectivity index (χ3n) is 9.05. The normalized spacial score (nSPS) is 27.2. The summed E-state index contributed by atoms with van der Waals surface area (Å²) < 4.78 is 2.21. The molecule has 0 spiro atoms. The van der Waals surface area contributed by atoms with E-state index in [4.69, 9.17) is 9.97 Å². The maximum atomic E-state index is 10.1. The second-order valence-electron chi connectivity index (χ2n) is 12.2. The van der Waals surface area contributed by atoms with E-state index in [1.807, 2.05) is 18.3 Å². The van der Waals surface area contributed by atoms with Crippen LogP contribution >= 0.6 is 0 Å². The highest BCUT2D eigenvalue weighted by molar-refractivity contribution is 5.75. The first kappa shape index (κ1) is 27.9. The Morgan fingerprint density at radius 2 is 1.87 bits per heavy atom. The van der Waals surface area contributed by atoms with Crippen LogP contribution in [0, 0.1) is 0 Å². The number of hydrogen-bond donors (Lipinski definition) is 3. The smallest absolute Gasteiger partial charge is 0.159 e. The molecule has 5 rings (SSSR count). The molecule has 2 aromatic heterocycles. The van der Waals surface area contributed by atoms with E-state index >= 15 is 0 Å². The van der Waals surface area contributed by atoms with Gasteiger partial charge in [-0.3, -0.25) is 9.80 Å². The van der Waals surface area contributed by atoms with E-state index < -0.39 is 0 Å².